The summed E-state index contributed by atoms with van der Waals surface area (Å²) in [6.45, 7) is 8.11. The van der Waals surface area contributed by atoms with Gasteiger partial charge in [-0.3, -0.25) is 4.79 Å². The van der Waals surface area contributed by atoms with E-state index in [1.54, 1.807) is 19.1 Å². The van der Waals surface area contributed by atoms with Gasteiger partial charge in [-0.1, -0.05) is 26.0 Å². The van der Waals surface area contributed by atoms with Gasteiger partial charge in [-0.05, 0) is 42.9 Å². The van der Waals surface area contributed by atoms with E-state index in [2.05, 4.69) is 5.32 Å². The Kier molecular flexibility index (Phi) is 5.57. The maximum absolute atomic E-state index is 11.9. The summed E-state index contributed by atoms with van der Waals surface area (Å²) in [5.41, 5.74) is 1.45. The maximum atomic E-state index is 11.9. The summed E-state index contributed by atoms with van der Waals surface area (Å²) in [5, 5.41) is 21.9. The average molecular weight is 279 g/mol. The van der Waals surface area contributed by atoms with E-state index in [0.717, 1.165) is 11.1 Å². The van der Waals surface area contributed by atoms with Gasteiger partial charge in [0.2, 0.25) is 5.91 Å². The number of aromatic hydroxyl groups is 1. The van der Waals surface area contributed by atoms with Gasteiger partial charge in [-0.25, -0.2) is 0 Å². The van der Waals surface area contributed by atoms with Crippen LogP contribution in [0.15, 0.2) is 18.2 Å². The minimum Gasteiger partial charge on any atom is -0.508 e. The molecule has 1 aromatic carbocycles. The molecular formula is C16H25NO3. The van der Waals surface area contributed by atoms with Crippen LogP contribution >= 0.6 is 0 Å². The van der Waals surface area contributed by atoms with Gasteiger partial charge in [-0.2, -0.15) is 0 Å². The van der Waals surface area contributed by atoms with Crippen LogP contribution in [-0.4, -0.2) is 28.8 Å². The first kappa shape index (κ1) is 16.5. The number of aliphatic hydroxyl groups excluding tert-OH is 1. The lowest BCUT2D eigenvalue weighted by molar-refractivity contribution is -0.121. The topological polar surface area (TPSA) is 69.6 Å². The van der Waals surface area contributed by atoms with E-state index < -0.39 is 0 Å². The fourth-order valence-corrected chi connectivity index (χ4v) is 2.22. The van der Waals surface area contributed by atoms with Crippen molar-refractivity contribution < 1.29 is 15.0 Å². The minimum atomic E-state index is -0.379. The third-order valence-electron chi connectivity index (χ3n) is 3.25. The van der Waals surface area contributed by atoms with Crippen LogP contribution in [0, 0.1) is 12.3 Å². The van der Waals surface area contributed by atoms with E-state index in [-0.39, 0.29) is 29.6 Å². The number of phenolic OH excluding ortho intramolecular Hbond substituents is 1. The summed E-state index contributed by atoms with van der Waals surface area (Å²) >= 11 is 0. The molecule has 1 aromatic rings. The number of phenols is 1. The molecule has 0 heterocycles. The first-order chi connectivity index (χ1) is 9.19. The second kappa shape index (κ2) is 6.75. The number of amides is 1. The van der Waals surface area contributed by atoms with Gasteiger partial charge in [-0.15, -0.1) is 0 Å². The Hall–Kier alpha value is -1.55. The SMILES string of the molecule is Cc1ccc(CC(=O)NCC(C)(C)CC(C)O)cc1O. The molecular weight excluding hydrogens is 254 g/mol. The number of carbonyl (C=O) groups is 1. The molecule has 1 unspecified atom stereocenters. The smallest absolute Gasteiger partial charge is 0.224 e. The lowest BCUT2D eigenvalue weighted by Crippen LogP contribution is -2.36. The molecule has 1 amide bonds. The number of carbonyl (C=O) groups excluding carboxylic acids is 1. The molecule has 3 N–H and O–H groups in total. The molecule has 1 atom stereocenters. The highest BCUT2D eigenvalue weighted by molar-refractivity contribution is 5.78. The number of hydrogen-bond acceptors (Lipinski definition) is 3. The molecule has 0 bridgehead atoms. The molecule has 1 rings (SSSR count). The van der Waals surface area contributed by atoms with Crippen LogP contribution in [0.1, 0.15) is 38.3 Å². The molecule has 112 valence electrons. The maximum Gasteiger partial charge on any atom is 0.224 e. The van der Waals surface area contributed by atoms with Crippen molar-refractivity contribution in [1.29, 1.82) is 0 Å². The van der Waals surface area contributed by atoms with Gasteiger partial charge in [0, 0.05) is 6.54 Å². The van der Waals surface area contributed by atoms with Gasteiger partial charge < -0.3 is 15.5 Å². The quantitative estimate of drug-likeness (QED) is 0.747. The van der Waals surface area contributed by atoms with Gasteiger partial charge in [0.15, 0.2) is 0 Å². The highest BCUT2D eigenvalue weighted by Crippen LogP contribution is 2.21. The fraction of sp³-hybridized carbons (Fsp3) is 0.562. The Morgan fingerprint density at radius 3 is 2.60 bits per heavy atom. The summed E-state index contributed by atoms with van der Waals surface area (Å²) in [7, 11) is 0. The molecule has 0 aromatic heterocycles. The number of aliphatic hydroxyl groups is 1. The first-order valence-corrected chi connectivity index (χ1v) is 6.93. The van der Waals surface area contributed by atoms with Crippen molar-refractivity contribution in [2.75, 3.05) is 6.54 Å². The standard InChI is InChI=1S/C16H25NO3/c1-11-5-6-13(7-14(11)19)8-15(20)17-10-16(3,4)9-12(2)18/h5-7,12,18-19H,8-10H2,1-4H3,(H,17,20). The van der Waals surface area contributed by atoms with Crippen molar-refractivity contribution in [1.82, 2.24) is 5.32 Å². The number of benzene rings is 1. The van der Waals surface area contributed by atoms with E-state index in [1.165, 1.54) is 0 Å². The van der Waals surface area contributed by atoms with E-state index in [4.69, 9.17) is 0 Å². The number of hydrogen-bond donors (Lipinski definition) is 3. The molecule has 0 spiro atoms. The van der Waals surface area contributed by atoms with Crippen LogP contribution < -0.4 is 5.32 Å². The van der Waals surface area contributed by atoms with Gasteiger partial charge in [0.25, 0.3) is 0 Å². The normalized spacial score (nSPS) is 13.1. The Bertz CT molecular complexity index is 467. The number of nitrogens with one attached hydrogen (secondary N) is 1. The Morgan fingerprint density at radius 1 is 1.40 bits per heavy atom. The van der Waals surface area contributed by atoms with Crippen LogP contribution in [-0.2, 0) is 11.2 Å². The largest absolute Gasteiger partial charge is 0.508 e. The van der Waals surface area contributed by atoms with Crippen LogP contribution in [0.2, 0.25) is 0 Å². The van der Waals surface area contributed by atoms with E-state index in [1.807, 2.05) is 26.8 Å². The fourth-order valence-electron chi connectivity index (χ4n) is 2.22. The zero-order valence-electron chi connectivity index (χ0n) is 12.7. The molecule has 0 aliphatic heterocycles. The average Bonchev–Trinajstić information content (AvgIpc) is 2.30. The summed E-state index contributed by atoms with van der Waals surface area (Å²) in [6.07, 6.45) is 0.507. The summed E-state index contributed by atoms with van der Waals surface area (Å²) < 4.78 is 0. The number of rotatable bonds is 6. The highest BCUT2D eigenvalue weighted by atomic mass is 16.3. The van der Waals surface area contributed by atoms with Gasteiger partial charge in [0.1, 0.15) is 5.75 Å². The Balaban J connectivity index is 2.49. The monoisotopic (exact) mass is 279 g/mol. The van der Waals surface area contributed by atoms with Gasteiger partial charge >= 0.3 is 0 Å². The Labute approximate surface area is 120 Å². The highest BCUT2D eigenvalue weighted by Gasteiger charge is 2.21. The van der Waals surface area contributed by atoms with E-state index in [9.17, 15) is 15.0 Å². The Morgan fingerprint density at radius 2 is 2.05 bits per heavy atom. The van der Waals surface area contributed by atoms with Crippen molar-refractivity contribution in [2.24, 2.45) is 5.41 Å². The van der Waals surface area contributed by atoms with Crippen molar-refractivity contribution in [3.63, 3.8) is 0 Å². The lowest BCUT2D eigenvalue weighted by atomic mass is 9.87. The molecule has 0 fully saturated rings. The molecule has 0 saturated heterocycles. The van der Waals surface area contributed by atoms with E-state index >= 15 is 0 Å². The molecule has 4 heteroatoms. The summed E-state index contributed by atoms with van der Waals surface area (Å²) in [5.74, 6) is 0.136. The van der Waals surface area contributed by atoms with Crippen LogP contribution in [0.5, 0.6) is 5.75 Å². The molecule has 0 radical (unpaired) electrons. The minimum absolute atomic E-state index is 0.0769. The molecule has 0 aliphatic carbocycles. The van der Waals surface area contributed by atoms with Crippen molar-refractivity contribution in [3.05, 3.63) is 29.3 Å². The van der Waals surface area contributed by atoms with Crippen LogP contribution in [0.25, 0.3) is 0 Å². The van der Waals surface area contributed by atoms with Crippen molar-refractivity contribution in [2.45, 2.75) is 46.6 Å². The van der Waals surface area contributed by atoms with Gasteiger partial charge in [0.05, 0.1) is 12.5 Å². The zero-order valence-corrected chi connectivity index (χ0v) is 12.7. The van der Waals surface area contributed by atoms with Crippen LogP contribution in [0.3, 0.4) is 0 Å². The predicted molar refractivity (Wildman–Crippen MR) is 79.6 cm³/mol. The molecule has 20 heavy (non-hydrogen) atoms. The molecule has 0 aliphatic rings. The molecule has 0 saturated carbocycles. The first-order valence-electron chi connectivity index (χ1n) is 6.93. The lowest BCUT2D eigenvalue weighted by Gasteiger charge is -2.26. The van der Waals surface area contributed by atoms with Crippen molar-refractivity contribution in [3.8, 4) is 5.75 Å². The zero-order chi connectivity index (χ0) is 15.3. The summed E-state index contributed by atoms with van der Waals surface area (Å²) in [4.78, 5) is 11.9. The van der Waals surface area contributed by atoms with Crippen molar-refractivity contribution >= 4 is 5.91 Å². The third-order valence-corrected chi connectivity index (χ3v) is 3.25. The second-order valence-electron chi connectivity index (χ2n) is 6.29. The third kappa shape index (κ3) is 5.61. The molecule has 4 nitrogen and oxygen atoms in total. The summed E-state index contributed by atoms with van der Waals surface area (Å²) in [6, 6.07) is 5.26. The predicted octanol–water partition coefficient (Wildman–Crippen LogP) is 2.16. The second-order valence-corrected chi connectivity index (χ2v) is 6.29. The van der Waals surface area contributed by atoms with Crippen LogP contribution in [0.4, 0.5) is 0 Å². The number of aryl methyl sites for hydroxylation is 1. The van der Waals surface area contributed by atoms with E-state index in [0.29, 0.717) is 13.0 Å².